The fourth-order valence-electron chi connectivity index (χ4n) is 1.64. The van der Waals surface area contributed by atoms with Crippen molar-refractivity contribution in [2.75, 3.05) is 12.4 Å². The van der Waals surface area contributed by atoms with Crippen LogP contribution in [-0.4, -0.2) is 19.1 Å². The van der Waals surface area contributed by atoms with E-state index in [0.717, 1.165) is 5.75 Å². The summed E-state index contributed by atoms with van der Waals surface area (Å²) in [4.78, 5) is 11.5. The normalized spacial score (nSPS) is 11.6. The summed E-state index contributed by atoms with van der Waals surface area (Å²) in [5, 5.41) is 2.71. The molecule has 0 fully saturated rings. The SMILES string of the molecule is COc1ccc(Oc2ccc(NC(=O)C(C)N)cc2)cc1. The first-order chi connectivity index (χ1) is 10.1. The van der Waals surface area contributed by atoms with Gasteiger partial charge in [-0.3, -0.25) is 4.79 Å². The lowest BCUT2D eigenvalue weighted by atomic mass is 10.2. The Kier molecular flexibility index (Phi) is 4.79. The minimum atomic E-state index is -0.541. The van der Waals surface area contributed by atoms with Gasteiger partial charge in [-0.25, -0.2) is 0 Å². The molecule has 0 radical (unpaired) electrons. The summed E-state index contributed by atoms with van der Waals surface area (Å²) in [6, 6.07) is 13.8. The van der Waals surface area contributed by atoms with Crippen LogP contribution in [-0.2, 0) is 4.79 Å². The van der Waals surface area contributed by atoms with E-state index in [9.17, 15) is 4.79 Å². The summed E-state index contributed by atoms with van der Waals surface area (Å²) in [6.07, 6.45) is 0. The number of ether oxygens (including phenoxy) is 2. The number of anilines is 1. The maximum Gasteiger partial charge on any atom is 0.240 e. The van der Waals surface area contributed by atoms with Crippen molar-refractivity contribution in [3.05, 3.63) is 48.5 Å². The van der Waals surface area contributed by atoms with Crippen LogP contribution in [0, 0.1) is 0 Å². The van der Waals surface area contributed by atoms with Crippen LogP contribution < -0.4 is 20.5 Å². The summed E-state index contributed by atoms with van der Waals surface area (Å²) in [5.74, 6) is 1.94. The van der Waals surface area contributed by atoms with Gasteiger partial charge in [-0.1, -0.05) is 0 Å². The molecule has 5 nitrogen and oxygen atoms in total. The molecule has 5 heteroatoms. The Balaban J connectivity index is 2.00. The standard InChI is InChI=1S/C16H18N2O3/c1-11(17)16(19)18-12-3-5-14(6-4-12)21-15-9-7-13(20-2)8-10-15/h3-11H,17H2,1-2H3,(H,18,19). The average molecular weight is 286 g/mol. The van der Waals surface area contributed by atoms with Gasteiger partial charge in [0.15, 0.2) is 0 Å². The van der Waals surface area contributed by atoms with Gasteiger partial charge in [0.1, 0.15) is 17.2 Å². The summed E-state index contributed by atoms with van der Waals surface area (Å²) < 4.78 is 10.8. The van der Waals surface area contributed by atoms with Crippen LogP contribution in [0.1, 0.15) is 6.92 Å². The van der Waals surface area contributed by atoms with E-state index in [4.69, 9.17) is 15.2 Å². The third-order valence-electron chi connectivity index (χ3n) is 2.83. The van der Waals surface area contributed by atoms with E-state index in [1.54, 1.807) is 38.3 Å². The lowest BCUT2D eigenvalue weighted by Crippen LogP contribution is -2.32. The highest BCUT2D eigenvalue weighted by Gasteiger charge is 2.07. The van der Waals surface area contributed by atoms with E-state index in [1.807, 2.05) is 24.3 Å². The van der Waals surface area contributed by atoms with Gasteiger partial charge in [-0.05, 0) is 55.5 Å². The second-order valence-corrected chi connectivity index (χ2v) is 4.58. The van der Waals surface area contributed by atoms with Gasteiger partial charge in [0.25, 0.3) is 0 Å². The van der Waals surface area contributed by atoms with E-state index in [2.05, 4.69) is 5.32 Å². The van der Waals surface area contributed by atoms with Crippen molar-refractivity contribution in [2.24, 2.45) is 5.73 Å². The maximum absolute atomic E-state index is 11.5. The number of carbonyl (C=O) groups excluding carboxylic acids is 1. The predicted molar refractivity (Wildman–Crippen MR) is 81.8 cm³/mol. The van der Waals surface area contributed by atoms with Crippen molar-refractivity contribution >= 4 is 11.6 Å². The Morgan fingerprint density at radius 3 is 1.95 bits per heavy atom. The number of hydrogen-bond acceptors (Lipinski definition) is 4. The number of amides is 1. The van der Waals surface area contributed by atoms with Crippen LogP contribution in [0.2, 0.25) is 0 Å². The summed E-state index contributed by atoms with van der Waals surface area (Å²) in [7, 11) is 1.62. The van der Waals surface area contributed by atoms with E-state index < -0.39 is 6.04 Å². The molecule has 2 aromatic rings. The summed E-state index contributed by atoms with van der Waals surface area (Å²) in [5.41, 5.74) is 6.17. The van der Waals surface area contributed by atoms with E-state index in [-0.39, 0.29) is 5.91 Å². The fraction of sp³-hybridized carbons (Fsp3) is 0.188. The lowest BCUT2D eigenvalue weighted by Gasteiger charge is -2.09. The van der Waals surface area contributed by atoms with Crippen LogP contribution in [0.3, 0.4) is 0 Å². The number of rotatable bonds is 5. The highest BCUT2D eigenvalue weighted by Crippen LogP contribution is 2.24. The number of nitrogens with two attached hydrogens (primary N) is 1. The molecule has 0 spiro atoms. The van der Waals surface area contributed by atoms with Gasteiger partial charge in [0, 0.05) is 5.69 Å². The summed E-state index contributed by atoms with van der Waals surface area (Å²) >= 11 is 0. The molecule has 110 valence electrons. The summed E-state index contributed by atoms with van der Waals surface area (Å²) in [6.45, 7) is 1.64. The van der Waals surface area contributed by atoms with Crippen LogP contribution in [0.15, 0.2) is 48.5 Å². The van der Waals surface area contributed by atoms with Crippen LogP contribution >= 0.6 is 0 Å². The second-order valence-electron chi connectivity index (χ2n) is 4.58. The highest BCUT2D eigenvalue weighted by molar-refractivity contribution is 5.94. The molecule has 0 aliphatic heterocycles. The molecule has 0 aromatic heterocycles. The molecule has 0 heterocycles. The molecule has 0 bridgehead atoms. The van der Waals surface area contributed by atoms with Crippen LogP contribution in [0.5, 0.6) is 17.2 Å². The molecule has 1 atom stereocenters. The Hall–Kier alpha value is -2.53. The Morgan fingerprint density at radius 1 is 1.00 bits per heavy atom. The topological polar surface area (TPSA) is 73.6 Å². The molecule has 2 rings (SSSR count). The molecule has 0 saturated carbocycles. The molecule has 3 N–H and O–H groups in total. The molecular formula is C16H18N2O3. The van der Waals surface area contributed by atoms with Gasteiger partial charge in [-0.2, -0.15) is 0 Å². The molecule has 21 heavy (non-hydrogen) atoms. The monoisotopic (exact) mass is 286 g/mol. The van der Waals surface area contributed by atoms with Gasteiger partial charge in [-0.15, -0.1) is 0 Å². The molecule has 1 amide bonds. The Morgan fingerprint density at radius 2 is 1.48 bits per heavy atom. The quantitative estimate of drug-likeness (QED) is 0.886. The van der Waals surface area contributed by atoms with Gasteiger partial charge in [0.05, 0.1) is 13.2 Å². The Labute approximate surface area is 123 Å². The number of methoxy groups -OCH3 is 1. The van der Waals surface area contributed by atoms with Gasteiger partial charge >= 0.3 is 0 Å². The molecule has 1 unspecified atom stereocenters. The first-order valence-electron chi connectivity index (χ1n) is 6.57. The smallest absolute Gasteiger partial charge is 0.240 e. The first-order valence-corrected chi connectivity index (χ1v) is 6.57. The zero-order valence-corrected chi connectivity index (χ0v) is 12.0. The lowest BCUT2D eigenvalue weighted by molar-refractivity contribution is -0.117. The maximum atomic E-state index is 11.5. The molecule has 0 aliphatic carbocycles. The molecular weight excluding hydrogens is 268 g/mol. The van der Waals surface area contributed by atoms with E-state index in [0.29, 0.717) is 17.2 Å². The average Bonchev–Trinajstić information content (AvgIpc) is 2.50. The van der Waals surface area contributed by atoms with E-state index >= 15 is 0 Å². The zero-order chi connectivity index (χ0) is 15.2. The third-order valence-corrected chi connectivity index (χ3v) is 2.83. The minimum absolute atomic E-state index is 0.223. The van der Waals surface area contributed by atoms with Crippen LogP contribution in [0.25, 0.3) is 0 Å². The predicted octanol–water partition coefficient (Wildman–Crippen LogP) is 2.77. The number of carbonyl (C=O) groups is 1. The van der Waals surface area contributed by atoms with E-state index in [1.165, 1.54) is 0 Å². The number of hydrogen-bond donors (Lipinski definition) is 2. The van der Waals surface area contributed by atoms with Crippen molar-refractivity contribution in [3.63, 3.8) is 0 Å². The minimum Gasteiger partial charge on any atom is -0.497 e. The second kappa shape index (κ2) is 6.76. The molecule has 0 aliphatic rings. The van der Waals surface area contributed by atoms with Crippen molar-refractivity contribution in [1.29, 1.82) is 0 Å². The molecule has 2 aromatic carbocycles. The van der Waals surface area contributed by atoms with Crippen molar-refractivity contribution in [3.8, 4) is 17.2 Å². The fourth-order valence-corrected chi connectivity index (χ4v) is 1.64. The number of benzene rings is 2. The van der Waals surface area contributed by atoms with Crippen LogP contribution in [0.4, 0.5) is 5.69 Å². The Bertz CT molecular complexity index is 592. The molecule has 0 saturated heterocycles. The first kappa shape index (κ1) is 14.9. The number of nitrogens with one attached hydrogen (secondary N) is 1. The van der Waals surface area contributed by atoms with Gasteiger partial charge < -0.3 is 20.5 Å². The highest BCUT2D eigenvalue weighted by atomic mass is 16.5. The van der Waals surface area contributed by atoms with Crippen molar-refractivity contribution in [1.82, 2.24) is 0 Å². The van der Waals surface area contributed by atoms with Crippen molar-refractivity contribution < 1.29 is 14.3 Å². The third kappa shape index (κ3) is 4.22. The van der Waals surface area contributed by atoms with Crippen molar-refractivity contribution in [2.45, 2.75) is 13.0 Å². The zero-order valence-electron chi connectivity index (χ0n) is 12.0. The van der Waals surface area contributed by atoms with Gasteiger partial charge in [0.2, 0.25) is 5.91 Å². The largest absolute Gasteiger partial charge is 0.497 e.